The van der Waals surface area contributed by atoms with Gasteiger partial charge in [-0.15, -0.1) is 0 Å². The number of aromatic nitrogens is 2. The van der Waals surface area contributed by atoms with Gasteiger partial charge in [0.2, 0.25) is 0 Å². The summed E-state index contributed by atoms with van der Waals surface area (Å²) in [6.07, 6.45) is 8.53. The van der Waals surface area contributed by atoms with Crippen LogP contribution in [0.1, 0.15) is 12.5 Å². The first-order valence-electron chi connectivity index (χ1n) is 7.37. The normalized spacial score (nSPS) is 9.61. The Labute approximate surface area is 150 Å². The van der Waals surface area contributed by atoms with Crippen LogP contribution in [0.25, 0.3) is 11.1 Å². The van der Waals surface area contributed by atoms with Crippen molar-refractivity contribution >= 4 is 0 Å². The molecule has 0 atom stereocenters. The smallest absolute Gasteiger partial charge is 0.173 e. The highest BCUT2D eigenvalue weighted by molar-refractivity contribution is 5.60. The third kappa shape index (κ3) is 5.05. The molecule has 0 aliphatic rings. The molecule has 0 fully saturated rings. The summed E-state index contributed by atoms with van der Waals surface area (Å²) in [5.41, 5.74) is 3.83. The van der Waals surface area contributed by atoms with Crippen molar-refractivity contribution in [3.63, 3.8) is 0 Å². The number of pyridine rings is 2. The van der Waals surface area contributed by atoms with Crippen LogP contribution >= 0.6 is 0 Å². The summed E-state index contributed by atoms with van der Waals surface area (Å²) in [6.45, 7) is 4.06. The molecule has 0 N–H and O–H groups in total. The zero-order chi connectivity index (χ0) is 14.5. The van der Waals surface area contributed by atoms with E-state index >= 15 is 0 Å². The van der Waals surface area contributed by atoms with Gasteiger partial charge < -0.3 is 24.8 Å². The van der Waals surface area contributed by atoms with E-state index in [1.807, 2.05) is 0 Å². The van der Waals surface area contributed by atoms with Gasteiger partial charge in [-0.3, -0.25) is 0 Å². The fourth-order valence-electron chi connectivity index (χ4n) is 2.41. The number of aryl methyl sites for hydroxylation is 1. The molecule has 4 heteroatoms. The summed E-state index contributed by atoms with van der Waals surface area (Å²) in [7, 11) is 0. The molecule has 0 radical (unpaired) electrons. The third-order valence-electron chi connectivity index (χ3n) is 3.69. The Hall–Kier alpha value is -1.90. The predicted octanol–water partition coefficient (Wildman–Crippen LogP) is -3.00. The zero-order valence-corrected chi connectivity index (χ0v) is 14.6. The second-order valence-electron chi connectivity index (χ2n) is 5.16. The van der Waals surface area contributed by atoms with Crippen LogP contribution in [0, 0.1) is 0 Å². The van der Waals surface area contributed by atoms with Gasteiger partial charge in [0, 0.05) is 29.8 Å². The van der Waals surface area contributed by atoms with E-state index in [2.05, 4.69) is 95.4 Å². The fourth-order valence-corrected chi connectivity index (χ4v) is 2.41. The Bertz CT molecular complexity index is 696. The molecule has 120 valence electrons. The Balaban J connectivity index is 0.00000132. The number of halogens is 2. The van der Waals surface area contributed by atoms with E-state index in [1.165, 1.54) is 16.7 Å². The summed E-state index contributed by atoms with van der Waals surface area (Å²) < 4.78 is 4.37. The molecule has 3 rings (SSSR count). The molecule has 3 aromatic rings. The Kier molecular flexibility index (Phi) is 7.73. The third-order valence-corrected chi connectivity index (χ3v) is 3.69. The fraction of sp³-hybridized carbons (Fsp3) is 0.158. The van der Waals surface area contributed by atoms with Gasteiger partial charge in [0.25, 0.3) is 0 Å². The summed E-state index contributed by atoms with van der Waals surface area (Å²) in [6, 6.07) is 19.2. The van der Waals surface area contributed by atoms with E-state index in [0.717, 1.165) is 13.1 Å². The Morgan fingerprint density at radius 1 is 0.652 bits per heavy atom. The molecule has 0 aliphatic carbocycles. The number of hydrogen-bond donors (Lipinski definition) is 0. The molecular weight excluding hydrogens is 327 g/mol. The molecule has 1 aromatic carbocycles. The molecule has 0 bridgehead atoms. The van der Waals surface area contributed by atoms with Crippen LogP contribution < -0.4 is 33.9 Å². The van der Waals surface area contributed by atoms with Crippen LogP contribution in [-0.2, 0) is 13.1 Å². The molecular formula is C19H20Cl2N2. The lowest BCUT2D eigenvalue weighted by Crippen LogP contribution is -3.00. The highest BCUT2D eigenvalue weighted by atomic mass is 35.5. The molecule has 0 aliphatic heterocycles. The second-order valence-corrected chi connectivity index (χ2v) is 5.16. The van der Waals surface area contributed by atoms with Gasteiger partial charge in [-0.25, -0.2) is 9.13 Å². The molecule has 2 heterocycles. The topological polar surface area (TPSA) is 7.76 Å². The summed E-state index contributed by atoms with van der Waals surface area (Å²) in [4.78, 5) is 0. The molecule has 0 unspecified atom stereocenters. The lowest BCUT2D eigenvalue weighted by Gasteiger charge is -2.01. The quantitative estimate of drug-likeness (QED) is 0.445. The minimum atomic E-state index is 0. The molecule has 2 nitrogen and oxygen atoms in total. The maximum atomic E-state index is 2.20. The Morgan fingerprint density at radius 3 is 1.61 bits per heavy atom. The van der Waals surface area contributed by atoms with Crippen molar-refractivity contribution in [2.75, 3.05) is 0 Å². The van der Waals surface area contributed by atoms with Gasteiger partial charge >= 0.3 is 0 Å². The second kappa shape index (κ2) is 9.29. The van der Waals surface area contributed by atoms with E-state index in [9.17, 15) is 0 Å². The van der Waals surface area contributed by atoms with Gasteiger partial charge in [0.05, 0.1) is 0 Å². The zero-order valence-electron chi connectivity index (χ0n) is 13.1. The maximum Gasteiger partial charge on any atom is 0.173 e. The molecule has 0 saturated carbocycles. The van der Waals surface area contributed by atoms with Crippen LogP contribution in [0.3, 0.4) is 0 Å². The summed E-state index contributed by atoms with van der Waals surface area (Å²) >= 11 is 0. The highest BCUT2D eigenvalue weighted by Crippen LogP contribution is 2.15. The van der Waals surface area contributed by atoms with Crippen LogP contribution in [0.2, 0.25) is 0 Å². The van der Waals surface area contributed by atoms with E-state index in [4.69, 9.17) is 0 Å². The number of benzene rings is 1. The van der Waals surface area contributed by atoms with Crippen molar-refractivity contribution < 1.29 is 33.9 Å². The van der Waals surface area contributed by atoms with E-state index in [0.29, 0.717) is 0 Å². The van der Waals surface area contributed by atoms with Crippen LogP contribution in [0.4, 0.5) is 0 Å². The number of nitrogens with zero attached hydrogens (tertiary/aromatic N) is 2. The van der Waals surface area contributed by atoms with Crippen molar-refractivity contribution in [2.24, 2.45) is 0 Å². The van der Waals surface area contributed by atoms with Gasteiger partial charge in [0.15, 0.2) is 31.3 Å². The van der Waals surface area contributed by atoms with Gasteiger partial charge in [-0.2, -0.15) is 0 Å². The lowest BCUT2D eigenvalue weighted by molar-refractivity contribution is -0.693. The molecule has 23 heavy (non-hydrogen) atoms. The minimum absolute atomic E-state index is 0. The number of hydrogen-bond acceptors (Lipinski definition) is 0. The van der Waals surface area contributed by atoms with Crippen molar-refractivity contribution in [3.8, 4) is 11.1 Å². The van der Waals surface area contributed by atoms with E-state index < -0.39 is 0 Å². The lowest BCUT2D eigenvalue weighted by atomic mass is 10.1. The summed E-state index contributed by atoms with van der Waals surface area (Å²) in [5.74, 6) is 0. The van der Waals surface area contributed by atoms with Gasteiger partial charge in [0.1, 0.15) is 6.54 Å². The standard InChI is InChI=1S/C19H20N2.2ClH/c1-2-20-12-8-18(9-13-20)19-10-14-21(15-11-19)16-17-6-4-3-5-7-17;;/h3-15H,2,16H2,1H3;2*1H/q+2;;/p-2. The first-order chi connectivity index (χ1) is 10.3. The molecule has 0 saturated heterocycles. The molecule has 0 amide bonds. The molecule has 0 spiro atoms. The SMILES string of the molecule is CC[n+]1ccc(-c2cc[n+](Cc3ccccc3)cc2)cc1.[Cl-].[Cl-]. The van der Waals surface area contributed by atoms with Gasteiger partial charge in [-0.05, 0) is 18.1 Å². The first kappa shape index (κ1) is 19.1. The van der Waals surface area contributed by atoms with Crippen molar-refractivity contribution in [1.82, 2.24) is 0 Å². The van der Waals surface area contributed by atoms with Crippen LogP contribution in [-0.4, -0.2) is 0 Å². The van der Waals surface area contributed by atoms with E-state index in [-0.39, 0.29) is 24.8 Å². The number of rotatable bonds is 4. The first-order valence-corrected chi connectivity index (χ1v) is 7.37. The van der Waals surface area contributed by atoms with Crippen molar-refractivity contribution in [2.45, 2.75) is 20.0 Å². The monoisotopic (exact) mass is 346 g/mol. The van der Waals surface area contributed by atoms with Crippen LogP contribution in [0.5, 0.6) is 0 Å². The highest BCUT2D eigenvalue weighted by Gasteiger charge is 2.05. The average Bonchev–Trinajstić information content (AvgIpc) is 2.57. The largest absolute Gasteiger partial charge is 1.00 e. The predicted molar refractivity (Wildman–Crippen MR) is 83.5 cm³/mol. The maximum absolute atomic E-state index is 2.20. The van der Waals surface area contributed by atoms with Crippen molar-refractivity contribution in [1.29, 1.82) is 0 Å². The van der Waals surface area contributed by atoms with Gasteiger partial charge in [-0.1, -0.05) is 30.3 Å². The minimum Gasteiger partial charge on any atom is -1.00 e. The van der Waals surface area contributed by atoms with E-state index in [1.54, 1.807) is 0 Å². The van der Waals surface area contributed by atoms with Crippen LogP contribution in [0.15, 0.2) is 79.4 Å². The molecule has 2 aromatic heterocycles. The summed E-state index contributed by atoms with van der Waals surface area (Å²) in [5, 5.41) is 0. The average molecular weight is 347 g/mol. The Morgan fingerprint density at radius 2 is 1.13 bits per heavy atom. The van der Waals surface area contributed by atoms with Crippen molar-refractivity contribution in [3.05, 3.63) is 84.9 Å².